The van der Waals surface area contributed by atoms with E-state index in [4.69, 9.17) is 9.47 Å². The van der Waals surface area contributed by atoms with E-state index in [1.165, 1.54) is 13.2 Å². The molecule has 1 aliphatic rings. The molecular weight excluding hydrogens is 484 g/mol. The van der Waals surface area contributed by atoms with E-state index >= 15 is 0 Å². The molecule has 38 heavy (non-hydrogen) atoms. The molecule has 0 radical (unpaired) electrons. The van der Waals surface area contributed by atoms with Crippen molar-refractivity contribution in [1.82, 2.24) is 0 Å². The summed E-state index contributed by atoms with van der Waals surface area (Å²) < 4.78 is 11.2. The second kappa shape index (κ2) is 12.7. The topological polar surface area (TPSA) is 116 Å². The van der Waals surface area contributed by atoms with Crippen molar-refractivity contribution in [2.24, 2.45) is 0 Å². The van der Waals surface area contributed by atoms with Crippen LogP contribution in [0.15, 0.2) is 60.7 Å². The summed E-state index contributed by atoms with van der Waals surface area (Å²) in [6.07, 6.45) is 4.70. The first kappa shape index (κ1) is 27.3. The number of Topliss-reactive ketones (excluding diaryl/α,β-unsaturated/α-hetero) is 1. The zero-order chi connectivity index (χ0) is 27.1. The molecule has 2 atom stereocenters. The van der Waals surface area contributed by atoms with Crippen LogP contribution in [0.4, 0.5) is 0 Å². The summed E-state index contributed by atoms with van der Waals surface area (Å²) in [6, 6.07) is 16.8. The highest BCUT2D eigenvalue weighted by atomic mass is 16.5. The zero-order valence-electron chi connectivity index (χ0n) is 21.7. The number of aliphatic hydroxyl groups excluding tert-OH is 1. The fourth-order valence-corrected chi connectivity index (χ4v) is 5.05. The maximum absolute atomic E-state index is 13.4. The van der Waals surface area contributed by atoms with Crippen molar-refractivity contribution < 1.29 is 34.7 Å². The summed E-state index contributed by atoms with van der Waals surface area (Å²) in [7, 11) is 1.46. The summed E-state index contributed by atoms with van der Waals surface area (Å²) in [5, 5.41) is 40.9. The number of carbonyl (C=O) groups is 1. The Kier molecular flexibility index (Phi) is 9.13. The maximum atomic E-state index is 13.4. The number of ketones is 1. The number of ether oxygens (including phenoxy) is 2. The van der Waals surface area contributed by atoms with Crippen LogP contribution in [0.2, 0.25) is 0 Å². The van der Waals surface area contributed by atoms with Crippen molar-refractivity contribution >= 4 is 5.78 Å². The average molecular weight is 521 g/mol. The lowest BCUT2D eigenvalue weighted by atomic mass is 9.85. The molecule has 0 bridgehead atoms. The van der Waals surface area contributed by atoms with E-state index in [2.05, 4.69) is 0 Å². The summed E-state index contributed by atoms with van der Waals surface area (Å²) in [5.41, 5.74) is 2.36. The molecule has 7 heteroatoms. The first-order valence-electron chi connectivity index (χ1n) is 13.2. The minimum Gasteiger partial charge on any atom is -0.508 e. The van der Waals surface area contributed by atoms with E-state index in [-0.39, 0.29) is 35.6 Å². The Bertz CT molecular complexity index is 1230. The zero-order valence-corrected chi connectivity index (χ0v) is 21.7. The van der Waals surface area contributed by atoms with Gasteiger partial charge < -0.3 is 29.9 Å². The number of phenolic OH excluding ortho intramolecular Hbond substituents is 3. The van der Waals surface area contributed by atoms with Crippen molar-refractivity contribution in [1.29, 1.82) is 0 Å². The molecule has 0 spiro atoms. The Labute approximate surface area is 223 Å². The lowest BCUT2D eigenvalue weighted by Gasteiger charge is -2.20. The number of hydrogen-bond donors (Lipinski definition) is 4. The van der Waals surface area contributed by atoms with E-state index in [9.17, 15) is 25.2 Å². The molecule has 3 aromatic carbocycles. The smallest absolute Gasteiger partial charge is 0.161 e. The highest BCUT2D eigenvalue weighted by Crippen LogP contribution is 2.33. The fourth-order valence-electron chi connectivity index (χ4n) is 5.05. The maximum Gasteiger partial charge on any atom is 0.161 e. The molecule has 1 fully saturated rings. The van der Waals surface area contributed by atoms with Crippen LogP contribution in [0.1, 0.15) is 61.1 Å². The van der Waals surface area contributed by atoms with E-state index in [1.807, 2.05) is 6.07 Å². The van der Waals surface area contributed by atoms with Crippen LogP contribution in [-0.4, -0.2) is 45.5 Å². The monoisotopic (exact) mass is 520 g/mol. The van der Waals surface area contributed by atoms with Gasteiger partial charge >= 0.3 is 0 Å². The van der Waals surface area contributed by atoms with Crippen molar-refractivity contribution in [2.75, 3.05) is 7.11 Å². The Morgan fingerprint density at radius 2 is 1.61 bits per heavy atom. The molecule has 0 saturated heterocycles. The van der Waals surface area contributed by atoms with E-state index in [0.717, 1.165) is 36.8 Å². The summed E-state index contributed by atoms with van der Waals surface area (Å²) in [5.74, 6) is 0.224. The van der Waals surface area contributed by atoms with Crippen LogP contribution < -0.4 is 9.47 Å². The number of benzene rings is 3. The molecule has 1 saturated carbocycles. The second-order valence-electron chi connectivity index (χ2n) is 10.0. The number of rotatable bonds is 12. The van der Waals surface area contributed by atoms with Gasteiger partial charge in [0.25, 0.3) is 0 Å². The molecule has 7 nitrogen and oxygen atoms in total. The molecular formula is C31H36O7. The SMILES string of the molecule is COc1cc(C[C@H](C(=O)C[C@@H](O)CCc2ccc(O)c(OC3CCCC3)c2)c2cccc(O)c2)ccc1O. The van der Waals surface area contributed by atoms with Crippen molar-refractivity contribution in [3.63, 3.8) is 0 Å². The first-order chi connectivity index (χ1) is 18.3. The Morgan fingerprint density at radius 1 is 0.921 bits per heavy atom. The summed E-state index contributed by atoms with van der Waals surface area (Å²) in [6.45, 7) is 0. The van der Waals surface area contributed by atoms with E-state index in [1.54, 1.807) is 48.5 Å². The third-order valence-electron chi connectivity index (χ3n) is 7.17. The molecule has 4 N–H and O–H groups in total. The molecule has 3 aromatic rings. The number of methoxy groups -OCH3 is 1. The minimum absolute atomic E-state index is 0.0120. The molecule has 0 aromatic heterocycles. The Hall–Kier alpha value is -3.71. The van der Waals surface area contributed by atoms with Gasteiger partial charge in [0.15, 0.2) is 23.0 Å². The van der Waals surface area contributed by atoms with Gasteiger partial charge in [0.05, 0.1) is 19.3 Å². The van der Waals surface area contributed by atoms with E-state index in [0.29, 0.717) is 36.3 Å². The second-order valence-corrected chi connectivity index (χ2v) is 10.0. The van der Waals surface area contributed by atoms with Crippen LogP contribution >= 0.6 is 0 Å². The normalized spacial score (nSPS) is 15.2. The molecule has 0 unspecified atom stereocenters. The Balaban J connectivity index is 1.42. The van der Waals surface area contributed by atoms with Crippen molar-refractivity contribution in [3.8, 4) is 28.7 Å². The predicted octanol–water partition coefficient (Wildman–Crippen LogP) is 5.41. The number of phenols is 3. The van der Waals surface area contributed by atoms with Crippen molar-refractivity contribution in [2.45, 2.75) is 69.5 Å². The van der Waals surface area contributed by atoms with Gasteiger partial charge in [0.2, 0.25) is 0 Å². The number of aromatic hydroxyl groups is 3. The predicted molar refractivity (Wildman–Crippen MR) is 144 cm³/mol. The standard InChI is InChI=1S/C31H36O7/c1-37-30-17-21(11-14-27(30)34)15-26(22-5-4-6-23(32)18-22)29(36)19-24(33)12-9-20-10-13-28(35)31(16-20)38-25-7-2-3-8-25/h4-6,10-11,13-14,16-18,24-26,32-35H,2-3,7-9,12,15,19H2,1H3/t24-,26-/m0/s1. The first-order valence-corrected chi connectivity index (χ1v) is 13.2. The molecule has 0 heterocycles. The van der Waals surface area contributed by atoms with Crippen LogP contribution in [0.3, 0.4) is 0 Å². The van der Waals surface area contributed by atoms with E-state index < -0.39 is 12.0 Å². The van der Waals surface area contributed by atoms with Crippen LogP contribution in [0.5, 0.6) is 28.7 Å². The highest BCUT2D eigenvalue weighted by molar-refractivity contribution is 5.86. The van der Waals surface area contributed by atoms with Gasteiger partial charge in [0, 0.05) is 12.3 Å². The fraction of sp³-hybridized carbons (Fsp3) is 0.387. The molecule has 0 amide bonds. The largest absolute Gasteiger partial charge is 0.508 e. The summed E-state index contributed by atoms with van der Waals surface area (Å²) in [4.78, 5) is 13.4. The minimum atomic E-state index is -0.857. The lowest BCUT2D eigenvalue weighted by Crippen LogP contribution is -2.22. The number of carbonyl (C=O) groups excluding carboxylic acids is 1. The van der Waals surface area contributed by atoms with Gasteiger partial charge in [-0.15, -0.1) is 0 Å². The molecule has 202 valence electrons. The van der Waals surface area contributed by atoms with Gasteiger partial charge in [-0.05, 0) is 98.0 Å². The summed E-state index contributed by atoms with van der Waals surface area (Å²) >= 11 is 0. The highest BCUT2D eigenvalue weighted by Gasteiger charge is 2.25. The third-order valence-corrected chi connectivity index (χ3v) is 7.17. The molecule has 4 rings (SSSR count). The van der Waals surface area contributed by atoms with Crippen LogP contribution in [-0.2, 0) is 17.6 Å². The van der Waals surface area contributed by atoms with Gasteiger partial charge in [0.1, 0.15) is 11.5 Å². The Morgan fingerprint density at radius 3 is 2.32 bits per heavy atom. The van der Waals surface area contributed by atoms with Gasteiger partial charge in [-0.1, -0.05) is 24.3 Å². The third kappa shape index (κ3) is 7.19. The van der Waals surface area contributed by atoms with Gasteiger partial charge in [-0.2, -0.15) is 0 Å². The quantitative estimate of drug-likeness (QED) is 0.252. The number of aliphatic hydroxyl groups is 1. The van der Waals surface area contributed by atoms with Crippen molar-refractivity contribution in [3.05, 3.63) is 77.4 Å². The number of hydrogen-bond acceptors (Lipinski definition) is 7. The van der Waals surface area contributed by atoms with Gasteiger partial charge in [-0.25, -0.2) is 0 Å². The molecule has 0 aliphatic heterocycles. The molecule has 1 aliphatic carbocycles. The van der Waals surface area contributed by atoms with Gasteiger partial charge in [-0.3, -0.25) is 4.79 Å². The lowest BCUT2D eigenvalue weighted by molar-refractivity contribution is -0.122. The van der Waals surface area contributed by atoms with Crippen LogP contribution in [0, 0.1) is 0 Å². The number of aryl methyl sites for hydroxylation is 1. The van der Waals surface area contributed by atoms with Crippen LogP contribution in [0.25, 0.3) is 0 Å². The average Bonchev–Trinajstić information content (AvgIpc) is 3.41.